The molecule has 3 aromatic rings. The molecular weight excluding hydrogens is 356 g/mol. The highest BCUT2D eigenvalue weighted by Gasteiger charge is 2.33. The monoisotopic (exact) mass is 370 g/mol. The van der Waals surface area contributed by atoms with Crippen LogP contribution in [0.15, 0.2) is 36.0 Å². The van der Waals surface area contributed by atoms with E-state index in [-0.39, 0.29) is 5.69 Å². The summed E-state index contributed by atoms with van der Waals surface area (Å²) in [5, 5.41) is 23.2. The minimum atomic E-state index is -0.874. The Kier molecular flexibility index (Phi) is 4.00. The number of aliphatic carboxylic acids is 1. The summed E-state index contributed by atoms with van der Waals surface area (Å²) < 4.78 is 0. The summed E-state index contributed by atoms with van der Waals surface area (Å²) >= 11 is 1.41. The Hall–Kier alpha value is -3.07. The molecule has 0 saturated carbocycles. The van der Waals surface area contributed by atoms with Crippen molar-refractivity contribution in [2.75, 3.05) is 11.4 Å². The number of hydrogen-bond acceptors (Lipinski definition) is 7. The van der Waals surface area contributed by atoms with E-state index in [4.69, 9.17) is 0 Å². The second-order valence-corrected chi connectivity index (χ2v) is 6.88. The van der Waals surface area contributed by atoms with Crippen molar-refractivity contribution in [3.63, 3.8) is 0 Å². The summed E-state index contributed by atoms with van der Waals surface area (Å²) in [5.41, 5.74) is 1.47. The van der Waals surface area contributed by atoms with Crippen molar-refractivity contribution < 1.29 is 14.8 Å². The van der Waals surface area contributed by atoms with Gasteiger partial charge >= 0.3 is 5.97 Å². The maximum atomic E-state index is 11.6. The van der Waals surface area contributed by atoms with Gasteiger partial charge < -0.3 is 10.0 Å². The third-order valence-electron chi connectivity index (χ3n) is 4.53. The predicted octanol–water partition coefficient (Wildman–Crippen LogP) is 3.32. The lowest BCUT2D eigenvalue weighted by atomic mass is 10.0. The van der Waals surface area contributed by atoms with Crippen LogP contribution in [0.1, 0.15) is 12.8 Å². The molecule has 1 aromatic carbocycles. The number of carbonyl (C=O) groups is 1. The molecule has 132 valence electrons. The van der Waals surface area contributed by atoms with E-state index in [1.165, 1.54) is 29.8 Å². The summed E-state index contributed by atoms with van der Waals surface area (Å²) in [6, 6.07) is 5.76. The molecule has 1 unspecified atom stereocenters. The number of aromatic nitrogens is 2. The van der Waals surface area contributed by atoms with Gasteiger partial charge in [0.05, 0.1) is 10.3 Å². The number of fused-ring (bicyclic) bond motifs is 1. The van der Waals surface area contributed by atoms with Crippen molar-refractivity contribution in [1.82, 2.24) is 9.97 Å². The van der Waals surface area contributed by atoms with Crippen molar-refractivity contribution in [2.24, 2.45) is 0 Å². The second-order valence-electron chi connectivity index (χ2n) is 6.02. The zero-order chi connectivity index (χ0) is 18.3. The summed E-state index contributed by atoms with van der Waals surface area (Å²) in [5.74, 6) is -0.302. The number of hydrogen-bond donors (Lipinski definition) is 1. The van der Waals surface area contributed by atoms with E-state index >= 15 is 0 Å². The fourth-order valence-corrected chi connectivity index (χ4v) is 4.26. The molecule has 1 atom stereocenters. The van der Waals surface area contributed by atoms with Crippen LogP contribution >= 0.6 is 11.3 Å². The van der Waals surface area contributed by atoms with Crippen LogP contribution in [0.3, 0.4) is 0 Å². The average molecular weight is 370 g/mol. The molecule has 0 bridgehead atoms. The summed E-state index contributed by atoms with van der Waals surface area (Å²) in [7, 11) is 0. The fraction of sp³-hybridized carbons (Fsp3) is 0.235. The summed E-state index contributed by atoms with van der Waals surface area (Å²) in [4.78, 5) is 33.4. The van der Waals surface area contributed by atoms with Gasteiger partial charge in [-0.2, -0.15) is 0 Å². The normalized spacial score (nSPS) is 16.9. The lowest BCUT2D eigenvalue weighted by molar-refractivity contribution is -0.384. The molecule has 0 amide bonds. The number of rotatable bonds is 4. The molecule has 26 heavy (non-hydrogen) atoms. The van der Waals surface area contributed by atoms with Gasteiger partial charge in [0, 0.05) is 29.6 Å². The predicted molar refractivity (Wildman–Crippen MR) is 97.5 cm³/mol. The van der Waals surface area contributed by atoms with Gasteiger partial charge in [0.2, 0.25) is 0 Å². The topological polar surface area (TPSA) is 109 Å². The van der Waals surface area contributed by atoms with Crippen LogP contribution in [0.5, 0.6) is 0 Å². The van der Waals surface area contributed by atoms with Crippen molar-refractivity contribution in [3.05, 3.63) is 46.1 Å². The van der Waals surface area contributed by atoms with E-state index in [9.17, 15) is 20.0 Å². The van der Waals surface area contributed by atoms with Crippen molar-refractivity contribution in [2.45, 2.75) is 18.9 Å². The molecule has 1 saturated heterocycles. The molecule has 0 spiro atoms. The summed E-state index contributed by atoms with van der Waals surface area (Å²) in [6.45, 7) is 0.604. The first-order valence-corrected chi connectivity index (χ1v) is 8.90. The van der Waals surface area contributed by atoms with E-state index in [0.29, 0.717) is 24.3 Å². The number of anilines is 1. The van der Waals surface area contributed by atoms with Gasteiger partial charge in [-0.15, -0.1) is 11.3 Å². The Morgan fingerprint density at radius 2 is 2.23 bits per heavy atom. The van der Waals surface area contributed by atoms with Gasteiger partial charge in [-0.25, -0.2) is 14.8 Å². The maximum Gasteiger partial charge on any atom is 0.326 e. The molecule has 2 aromatic heterocycles. The molecule has 1 aliphatic rings. The number of carboxylic acid groups (broad SMARTS) is 1. The van der Waals surface area contributed by atoms with Crippen LogP contribution in [0.2, 0.25) is 0 Å². The van der Waals surface area contributed by atoms with Crippen LogP contribution in [0, 0.1) is 10.1 Å². The minimum absolute atomic E-state index is 0.00448. The average Bonchev–Trinajstić information content (AvgIpc) is 3.28. The Morgan fingerprint density at radius 3 is 3.00 bits per heavy atom. The Morgan fingerprint density at radius 1 is 1.38 bits per heavy atom. The number of thiophene rings is 1. The Labute approximate surface area is 151 Å². The van der Waals surface area contributed by atoms with Crippen LogP contribution in [-0.2, 0) is 4.79 Å². The van der Waals surface area contributed by atoms with Gasteiger partial charge in [0.25, 0.3) is 5.69 Å². The maximum absolute atomic E-state index is 11.6. The highest BCUT2D eigenvalue weighted by molar-refractivity contribution is 7.17. The molecule has 3 heterocycles. The number of benzene rings is 1. The molecule has 9 heteroatoms. The molecule has 4 rings (SSSR count). The first kappa shape index (κ1) is 16.4. The van der Waals surface area contributed by atoms with Gasteiger partial charge in [0.15, 0.2) is 0 Å². The third-order valence-corrected chi connectivity index (χ3v) is 5.41. The molecule has 8 nitrogen and oxygen atoms in total. The van der Waals surface area contributed by atoms with Gasteiger partial charge in [-0.3, -0.25) is 10.1 Å². The Balaban J connectivity index is 1.89. The summed E-state index contributed by atoms with van der Waals surface area (Å²) in [6.07, 6.45) is 2.78. The zero-order valence-electron chi connectivity index (χ0n) is 13.5. The van der Waals surface area contributed by atoms with Crippen molar-refractivity contribution in [1.29, 1.82) is 0 Å². The smallest absolute Gasteiger partial charge is 0.326 e. The largest absolute Gasteiger partial charge is 0.480 e. The van der Waals surface area contributed by atoms with Gasteiger partial charge in [0.1, 0.15) is 23.0 Å². The number of carboxylic acids is 1. The van der Waals surface area contributed by atoms with E-state index in [1.54, 1.807) is 17.0 Å². The molecule has 0 aliphatic carbocycles. The number of nitro groups is 1. The number of nitrogens with zero attached hydrogens (tertiary/aromatic N) is 4. The molecule has 1 N–H and O–H groups in total. The number of non-ortho nitro benzene ring substituents is 1. The van der Waals surface area contributed by atoms with Crippen LogP contribution in [-0.4, -0.2) is 38.6 Å². The van der Waals surface area contributed by atoms with Crippen molar-refractivity contribution >= 4 is 39.0 Å². The second kappa shape index (κ2) is 6.34. The van der Waals surface area contributed by atoms with Gasteiger partial charge in [-0.1, -0.05) is 12.1 Å². The van der Waals surface area contributed by atoms with Crippen LogP contribution < -0.4 is 4.90 Å². The SMILES string of the molecule is O=C(O)C1CCCN1c1ncnc2scc(-c3cccc([N+](=O)[O-])c3)c12. The van der Waals surface area contributed by atoms with Gasteiger partial charge in [-0.05, 0) is 18.4 Å². The van der Waals surface area contributed by atoms with E-state index in [2.05, 4.69) is 9.97 Å². The fourth-order valence-electron chi connectivity index (χ4n) is 3.35. The van der Waals surface area contributed by atoms with E-state index < -0.39 is 16.9 Å². The van der Waals surface area contributed by atoms with Crippen molar-refractivity contribution in [3.8, 4) is 11.1 Å². The highest BCUT2D eigenvalue weighted by atomic mass is 32.1. The molecule has 1 aliphatic heterocycles. The van der Waals surface area contributed by atoms with Crippen LogP contribution in [0.4, 0.5) is 11.5 Å². The van der Waals surface area contributed by atoms with Crippen LogP contribution in [0.25, 0.3) is 21.3 Å². The number of nitro benzene ring substituents is 1. The minimum Gasteiger partial charge on any atom is -0.480 e. The standard InChI is InChI=1S/C17H14N4O4S/c22-17(23)13-5-2-6-20(13)15-14-12(8-26-16(14)19-9-18-15)10-3-1-4-11(7-10)21(24)25/h1,3-4,7-9,13H,2,5-6H2,(H,22,23). The third kappa shape index (κ3) is 2.66. The Bertz CT molecular complexity index is 1020. The lowest BCUT2D eigenvalue weighted by Crippen LogP contribution is -2.36. The van der Waals surface area contributed by atoms with E-state index in [0.717, 1.165) is 22.2 Å². The molecule has 1 fully saturated rings. The lowest BCUT2D eigenvalue weighted by Gasteiger charge is -2.23. The molecule has 0 radical (unpaired) electrons. The highest BCUT2D eigenvalue weighted by Crippen LogP contribution is 2.40. The first-order chi connectivity index (χ1) is 12.6. The van der Waals surface area contributed by atoms with E-state index in [1.807, 2.05) is 5.38 Å². The molecular formula is C17H14N4O4S. The quantitative estimate of drug-likeness (QED) is 0.554. The first-order valence-electron chi connectivity index (χ1n) is 8.02. The zero-order valence-corrected chi connectivity index (χ0v) is 14.3.